The Morgan fingerprint density at radius 2 is 0.967 bits per heavy atom. The molecular weight excluding hydrogens is 1290 g/mol. The summed E-state index contributed by atoms with van der Waals surface area (Å²) < 4.78 is 99.9. The van der Waals surface area contributed by atoms with Gasteiger partial charge in [-0.25, -0.2) is 9.13 Å². The minimum atomic E-state index is -4.15. The Morgan fingerprint density at radius 1 is 0.600 bits per heavy atom. The number of fused-ring (bicyclic) bond motifs is 2. The van der Waals surface area contributed by atoms with Crippen LogP contribution in [0, 0.1) is 21.7 Å². The molecule has 6 rings (SSSR count). The number of pyridine rings is 1. The van der Waals surface area contributed by atoms with Gasteiger partial charge in [-0.3, -0.25) is 55.9 Å². The van der Waals surface area contributed by atoms with Crippen LogP contribution in [-0.4, -0.2) is 160 Å². The molecule has 26 nitrogen and oxygen atoms in total. The van der Waals surface area contributed by atoms with Crippen molar-refractivity contribution in [3.63, 3.8) is 0 Å². The van der Waals surface area contributed by atoms with E-state index in [4.69, 9.17) is 76.9 Å². The Balaban J connectivity index is 0.000000363. The molecule has 90 heavy (non-hydrogen) atoms. The van der Waals surface area contributed by atoms with Gasteiger partial charge >= 0.3 is 15.6 Å². The van der Waals surface area contributed by atoms with Gasteiger partial charge in [0.25, 0.3) is 12.1 Å². The zero-order valence-corrected chi connectivity index (χ0v) is 59.6. The van der Waals surface area contributed by atoms with E-state index in [-0.39, 0.29) is 88.7 Å². The lowest BCUT2D eigenvalue weighted by Gasteiger charge is -2.31. The van der Waals surface area contributed by atoms with Crippen molar-refractivity contribution in [2.24, 2.45) is 33.1 Å². The average molecular weight is 1390 g/mol. The molecule has 8 unspecified atom stereocenters. The molecule has 4 fully saturated rings. The smallest absolute Gasteiger partial charge is 0.474 e. The summed E-state index contributed by atoms with van der Waals surface area (Å²) in [5.41, 5.74) is 9.54. The Kier molecular flexibility index (Phi) is 29.6. The number of aliphatic carboxylic acids is 1. The zero-order valence-electron chi connectivity index (χ0n) is 54.5. The number of hydrogen-bond donors (Lipinski definition) is 2. The molecule has 5 aliphatic rings. The molecule has 4 N–H and O–H groups in total. The number of phosphoric ester groups is 2. The fraction of sp³-hybridized carbons (Fsp3) is 0.724. The van der Waals surface area contributed by atoms with Crippen LogP contribution < -0.4 is 21.1 Å². The van der Waals surface area contributed by atoms with E-state index in [1.165, 1.54) is 0 Å². The number of nitrogens with two attached hydrogens (primary N) is 2. The van der Waals surface area contributed by atoms with E-state index in [1.54, 1.807) is 80.2 Å². The number of ether oxygens (including phenoxy) is 6. The van der Waals surface area contributed by atoms with Gasteiger partial charge in [-0.05, 0) is 47.1 Å². The zero-order chi connectivity index (χ0) is 68.0. The van der Waals surface area contributed by atoms with E-state index < -0.39 is 116 Å². The highest BCUT2D eigenvalue weighted by molar-refractivity contribution is 8.14. The Hall–Kier alpha value is -3.10. The first-order valence-electron chi connectivity index (χ1n) is 29.1. The third-order valence-electron chi connectivity index (χ3n) is 12.7. The lowest BCUT2D eigenvalue weighted by atomic mass is 9.99. The summed E-state index contributed by atoms with van der Waals surface area (Å²) in [6, 6.07) is 3.26. The number of nitrogens with zero attached hydrogens (tertiary/aromatic N) is 2. The van der Waals surface area contributed by atoms with E-state index in [0.717, 1.165) is 54.0 Å². The number of allylic oxidation sites excluding steroid dienone is 1. The SMILES string of the molecule is CC(=O)[O-].CC1(C)OC2C(COP(=O)(OCCSC(=O)C(C)(C)C)OCCSC(=O)C(C)(C)C)OC(N3C=CCC(C(N)=O)=C3)C2O1.CC1(C)OC2C(COP(=O)(OCCSC(=O)C(C)(C)C)OCCSC(=O)C(C)(C)C)OC([n+]3cccc(C(N)=O)c3)C2O1. The minimum Gasteiger partial charge on any atom is -0.550 e. The number of carboxylic acids is 1. The minimum absolute atomic E-state index is 0.0254. The number of carbonyl (C=O) groups is 7. The first kappa shape index (κ1) is 79.3. The van der Waals surface area contributed by atoms with Gasteiger partial charge in [-0.15, -0.1) is 0 Å². The second-order valence-corrected chi connectivity index (χ2v) is 33.7. The van der Waals surface area contributed by atoms with Crippen molar-refractivity contribution in [1.29, 1.82) is 0 Å². The molecule has 510 valence electrons. The van der Waals surface area contributed by atoms with Crippen LogP contribution in [0.3, 0.4) is 0 Å². The summed E-state index contributed by atoms with van der Waals surface area (Å²) in [6.07, 6.45) is 3.71. The molecular formula is C58H92N4O22P2S4. The normalized spacial score (nSPS) is 23.8. The van der Waals surface area contributed by atoms with Gasteiger partial charge < -0.3 is 54.7 Å². The number of aromatic nitrogens is 1. The van der Waals surface area contributed by atoms with Gasteiger partial charge in [0.1, 0.15) is 36.1 Å². The molecule has 6 heterocycles. The second kappa shape index (κ2) is 33.5. The molecule has 5 aliphatic heterocycles. The van der Waals surface area contributed by atoms with Crippen molar-refractivity contribution in [2.75, 3.05) is 62.7 Å². The summed E-state index contributed by atoms with van der Waals surface area (Å²) in [5.74, 6) is -3.07. The Bertz CT molecular complexity index is 2750. The second-order valence-electron chi connectivity index (χ2n) is 26.1. The number of carboxylic acid groups (broad SMARTS) is 1. The molecule has 2 amide bonds. The van der Waals surface area contributed by atoms with Crippen molar-refractivity contribution in [3.8, 4) is 0 Å². The average Bonchev–Trinajstić information content (AvgIpc) is 1.64. The fourth-order valence-electron chi connectivity index (χ4n) is 8.32. The van der Waals surface area contributed by atoms with Crippen molar-refractivity contribution in [3.05, 3.63) is 54.1 Å². The van der Waals surface area contributed by atoms with Crippen LogP contribution >= 0.6 is 62.7 Å². The quantitative estimate of drug-likeness (QED) is 0.0512. The van der Waals surface area contributed by atoms with Crippen LogP contribution in [0.25, 0.3) is 0 Å². The van der Waals surface area contributed by atoms with Crippen LogP contribution in [0.5, 0.6) is 0 Å². The maximum Gasteiger partial charge on any atom is 0.474 e. The first-order valence-corrected chi connectivity index (χ1v) is 35.9. The molecule has 0 aromatic carbocycles. The fourth-order valence-corrected chi connectivity index (χ4v) is 14.3. The molecule has 0 radical (unpaired) electrons. The monoisotopic (exact) mass is 1390 g/mol. The van der Waals surface area contributed by atoms with Gasteiger partial charge in [-0.1, -0.05) is 136 Å². The topological polar surface area (TPSA) is 347 Å². The van der Waals surface area contributed by atoms with Gasteiger partial charge in [0.2, 0.25) is 5.91 Å². The highest BCUT2D eigenvalue weighted by Crippen LogP contribution is 2.53. The van der Waals surface area contributed by atoms with Gasteiger partial charge in [0.15, 0.2) is 56.8 Å². The number of thioether (sulfide) groups is 4. The van der Waals surface area contributed by atoms with E-state index in [0.29, 0.717) is 12.0 Å². The van der Waals surface area contributed by atoms with Gasteiger partial charge in [0.05, 0.1) is 39.6 Å². The largest absolute Gasteiger partial charge is 0.550 e. The summed E-state index contributed by atoms with van der Waals surface area (Å²) >= 11 is 4.30. The maximum absolute atomic E-state index is 13.7. The molecule has 1 aromatic rings. The molecule has 0 bridgehead atoms. The molecule has 0 saturated carbocycles. The summed E-state index contributed by atoms with van der Waals surface area (Å²) in [7, 11) is -8.29. The Labute approximate surface area is 545 Å². The molecule has 1 aromatic heterocycles. The number of rotatable bonds is 26. The van der Waals surface area contributed by atoms with E-state index >= 15 is 0 Å². The number of amides is 2. The van der Waals surface area contributed by atoms with Crippen molar-refractivity contribution >= 4 is 101 Å². The van der Waals surface area contributed by atoms with Crippen LogP contribution in [0.4, 0.5) is 0 Å². The predicted octanol–water partition coefficient (Wildman–Crippen LogP) is 7.61. The van der Waals surface area contributed by atoms with Gasteiger partial charge in [-0.2, -0.15) is 4.57 Å². The summed E-state index contributed by atoms with van der Waals surface area (Å²) in [6.45, 7) is 29.2. The third kappa shape index (κ3) is 25.6. The summed E-state index contributed by atoms with van der Waals surface area (Å²) in [4.78, 5) is 83.3. The van der Waals surface area contributed by atoms with E-state index in [1.807, 2.05) is 83.1 Å². The van der Waals surface area contributed by atoms with Crippen molar-refractivity contribution in [1.82, 2.24) is 4.90 Å². The molecule has 32 heteroatoms. The summed E-state index contributed by atoms with van der Waals surface area (Å²) in [5, 5.41) is 8.78. The van der Waals surface area contributed by atoms with E-state index in [2.05, 4.69) is 0 Å². The highest BCUT2D eigenvalue weighted by atomic mass is 32.2. The standard InChI is InChI=1S/C28H45N2O10PS2.C28H43N2O10PS2.C2H4O2/c2*1-26(2,3)24(32)42-14-12-35-41(34,36-13-15-43-25(33)27(4,5)6)37-17-19-20-21(40-28(7,8)39-20)23(38-19)30-11-9-10-18(16-30)22(29)31;1-2(3)4/h9,11,16,19-21,23H,10,12-15,17H2,1-8H3,(H2,29,31);9-11,16,19-21,23H,12-15,17H2,1-8H3,(H-,29,31);1H3,(H,3,4). The molecule has 0 spiro atoms. The van der Waals surface area contributed by atoms with Crippen LogP contribution in [-0.2, 0) is 93.5 Å². The lowest BCUT2D eigenvalue weighted by Crippen LogP contribution is -2.46. The van der Waals surface area contributed by atoms with Crippen molar-refractivity contribution in [2.45, 2.75) is 185 Å². The van der Waals surface area contributed by atoms with E-state index in [9.17, 15) is 37.9 Å². The highest BCUT2D eigenvalue weighted by Gasteiger charge is 2.60. The number of hydrogen-bond acceptors (Lipinski definition) is 27. The van der Waals surface area contributed by atoms with Crippen molar-refractivity contribution < 1.29 is 108 Å². The lowest BCUT2D eigenvalue weighted by molar-refractivity contribution is -0.766. The maximum atomic E-state index is 13.7. The molecule has 0 aliphatic carbocycles. The molecule has 8 atom stereocenters. The van der Waals surface area contributed by atoms with Crippen LogP contribution in [0.1, 0.15) is 141 Å². The van der Waals surface area contributed by atoms with Crippen LogP contribution in [0.2, 0.25) is 0 Å². The first-order chi connectivity index (χ1) is 41.4. The number of phosphoric acid groups is 2. The third-order valence-corrected chi connectivity index (χ3v) is 20.6. The Morgan fingerprint density at radius 3 is 1.34 bits per heavy atom. The predicted molar refractivity (Wildman–Crippen MR) is 338 cm³/mol. The van der Waals surface area contributed by atoms with Gasteiger partial charge in [0, 0.05) is 74.7 Å². The van der Waals surface area contributed by atoms with Crippen LogP contribution in [0.15, 0.2) is 48.6 Å². The molecule has 4 saturated heterocycles. The number of primary amides is 2. The number of carbonyl (C=O) groups excluding carboxylic acids is 7.